The second kappa shape index (κ2) is 6.60. The fraction of sp³-hybridized carbons (Fsp3) is 0.556. The Balaban J connectivity index is 3.24. The summed E-state index contributed by atoms with van der Waals surface area (Å²) in [6.45, 7) is 12.4. The average Bonchev–Trinajstić information content (AvgIpc) is 2.33. The van der Waals surface area contributed by atoms with Gasteiger partial charge in [0.05, 0.1) is 0 Å². The van der Waals surface area contributed by atoms with Crippen LogP contribution in [0, 0.1) is 0 Å². The summed E-state index contributed by atoms with van der Waals surface area (Å²) >= 11 is 0. The number of phenols is 1. The molecule has 0 aliphatic rings. The standard InChI is InChI=1S/C18H29N3O2/c1-17(2,3)12-9-11(7-8-14(22)21-16(19)20)10-13(15(12)23)18(4,5)6/h9-10,23H,7-8H2,1-6H3,(H4,19,20,21,22). The summed E-state index contributed by atoms with van der Waals surface area (Å²) in [5.74, 6) is -0.219. The number of carbonyl (C=O) groups is 1. The van der Waals surface area contributed by atoms with Crippen LogP contribution in [0.2, 0.25) is 0 Å². The maximum Gasteiger partial charge on any atom is 0.249 e. The number of nitrogens with zero attached hydrogens (tertiary/aromatic N) is 1. The first-order chi connectivity index (χ1) is 10.3. The number of rotatable bonds is 3. The number of guanidine groups is 1. The molecule has 0 spiro atoms. The van der Waals surface area contributed by atoms with E-state index in [0.29, 0.717) is 12.2 Å². The summed E-state index contributed by atoms with van der Waals surface area (Å²) in [5.41, 5.74) is 12.8. The minimum absolute atomic E-state index is 0.191. The summed E-state index contributed by atoms with van der Waals surface area (Å²) in [5, 5.41) is 10.7. The van der Waals surface area contributed by atoms with Crippen molar-refractivity contribution >= 4 is 11.9 Å². The van der Waals surface area contributed by atoms with Gasteiger partial charge in [-0.3, -0.25) is 4.79 Å². The molecule has 1 amide bonds. The monoisotopic (exact) mass is 319 g/mol. The number of aryl methyl sites for hydroxylation is 1. The summed E-state index contributed by atoms with van der Waals surface area (Å²) in [6, 6.07) is 3.93. The Bertz CT molecular complexity index is 581. The Morgan fingerprint density at radius 1 is 1.04 bits per heavy atom. The second-order valence-corrected chi connectivity index (χ2v) is 7.97. The minimum atomic E-state index is -0.340. The van der Waals surface area contributed by atoms with Crippen molar-refractivity contribution in [3.63, 3.8) is 0 Å². The first-order valence-electron chi connectivity index (χ1n) is 7.81. The lowest BCUT2D eigenvalue weighted by atomic mass is 9.78. The van der Waals surface area contributed by atoms with E-state index < -0.39 is 0 Å². The molecule has 5 heteroatoms. The molecule has 1 aromatic rings. The van der Waals surface area contributed by atoms with Gasteiger partial charge in [0, 0.05) is 6.42 Å². The quantitative estimate of drug-likeness (QED) is 0.589. The number of nitrogens with two attached hydrogens (primary N) is 2. The van der Waals surface area contributed by atoms with Crippen molar-refractivity contribution < 1.29 is 9.90 Å². The number of hydrogen-bond donors (Lipinski definition) is 3. The largest absolute Gasteiger partial charge is 0.507 e. The van der Waals surface area contributed by atoms with Gasteiger partial charge in [0.1, 0.15) is 5.75 Å². The first-order valence-corrected chi connectivity index (χ1v) is 7.81. The van der Waals surface area contributed by atoms with Gasteiger partial charge < -0.3 is 16.6 Å². The number of phenolic OH excluding ortho intramolecular Hbond substituents is 1. The van der Waals surface area contributed by atoms with Gasteiger partial charge >= 0.3 is 0 Å². The van der Waals surface area contributed by atoms with Crippen LogP contribution in [0.1, 0.15) is 64.7 Å². The molecule has 0 atom stereocenters. The lowest BCUT2D eigenvalue weighted by molar-refractivity contribution is -0.117. The van der Waals surface area contributed by atoms with Crippen LogP contribution in [0.15, 0.2) is 17.1 Å². The third-order valence-corrected chi connectivity index (χ3v) is 3.67. The Labute approximate surface area is 138 Å². The van der Waals surface area contributed by atoms with Crippen LogP contribution in [-0.4, -0.2) is 17.0 Å². The van der Waals surface area contributed by atoms with Crippen LogP contribution in [0.5, 0.6) is 5.75 Å². The molecule has 0 fully saturated rings. The molecule has 0 radical (unpaired) electrons. The molecule has 0 unspecified atom stereocenters. The van der Waals surface area contributed by atoms with Crippen LogP contribution < -0.4 is 11.5 Å². The van der Waals surface area contributed by atoms with E-state index in [-0.39, 0.29) is 29.1 Å². The first kappa shape index (κ1) is 19.0. The van der Waals surface area contributed by atoms with Crippen molar-refractivity contribution in [3.8, 4) is 5.75 Å². The highest BCUT2D eigenvalue weighted by atomic mass is 16.3. The topological polar surface area (TPSA) is 102 Å². The molecule has 0 saturated carbocycles. The average molecular weight is 319 g/mol. The smallest absolute Gasteiger partial charge is 0.249 e. The lowest BCUT2D eigenvalue weighted by Crippen LogP contribution is -2.24. The van der Waals surface area contributed by atoms with E-state index in [1.165, 1.54) is 0 Å². The van der Waals surface area contributed by atoms with Crippen LogP contribution in [-0.2, 0) is 22.0 Å². The molecule has 128 valence electrons. The summed E-state index contributed by atoms with van der Waals surface area (Å²) in [7, 11) is 0. The molecule has 1 rings (SSSR count). The van der Waals surface area contributed by atoms with Gasteiger partial charge in [-0.25, -0.2) is 0 Å². The molecule has 0 aliphatic carbocycles. The molecular formula is C18H29N3O2. The van der Waals surface area contributed by atoms with Crippen molar-refractivity contribution in [1.82, 2.24) is 0 Å². The summed E-state index contributed by atoms with van der Waals surface area (Å²) in [6.07, 6.45) is 0.762. The molecule has 5 nitrogen and oxygen atoms in total. The Hall–Kier alpha value is -2.04. The van der Waals surface area contributed by atoms with Gasteiger partial charge in [-0.2, -0.15) is 4.99 Å². The zero-order valence-corrected chi connectivity index (χ0v) is 15.0. The summed E-state index contributed by atoms with van der Waals surface area (Å²) < 4.78 is 0. The normalized spacial score (nSPS) is 12.1. The molecule has 5 N–H and O–H groups in total. The SMILES string of the molecule is CC(C)(C)c1cc(CCC(=O)N=C(N)N)cc(C(C)(C)C)c1O. The van der Waals surface area contributed by atoms with E-state index in [2.05, 4.69) is 46.5 Å². The molecule has 0 aliphatic heterocycles. The van der Waals surface area contributed by atoms with Gasteiger partial charge in [0.25, 0.3) is 0 Å². The van der Waals surface area contributed by atoms with Gasteiger partial charge in [0.15, 0.2) is 5.96 Å². The van der Waals surface area contributed by atoms with E-state index >= 15 is 0 Å². The van der Waals surface area contributed by atoms with Crippen molar-refractivity contribution in [3.05, 3.63) is 28.8 Å². The van der Waals surface area contributed by atoms with Crippen molar-refractivity contribution in [2.75, 3.05) is 0 Å². The van der Waals surface area contributed by atoms with Crippen molar-refractivity contribution in [2.24, 2.45) is 16.5 Å². The summed E-state index contributed by atoms with van der Waals surface area (Å²) in [4.78, 5) is 15.2. The number of hydrogen-bond acceptors (Lipinski definition) is 2. The van der Waals surface area contributed by atoms with Crippen LogP contribution in [0.25, 0.3) is 0 Å². The van der Waals surface area contributed by atoms with Crippen molar-refractivity contribution in [2.45, 2.75) is 65.2 Å². The number of benzene rings is 1. The molecule has 0 bridgehead atoms. The van der Waals surface area contributed by atoms with Crippen molar-refractivity contribution in [1.29, 1.82) is 0 Å². The Morgan fingerprint density at radius 3 is 1.83 bits per heavy atom. The van der Waals surface area contributed by atoms with Gasteiger partial charge in [-0.1, -0.05) is 53.7 Å². The van der Waals surface area contributed by atoms with E-state index in [0.717, 1.165) is 16.7 Å². The van der Waals surface area contributed by atoms with Crippen LogP contribution in [0.4, 0.5) is 0 Å². The van der Waals surface area contributed by atoms with Crippen LogP contribution >= 0.6 is 0 Å². The Kier molecular flexibility index (Phi) is 5.46. The molecule has 1 aromatic carbocycles. The van der Waals surface area contributed by atoms with Gasteiger partial charge in [0.2, 0.25) is 5.91 Å². The second-order valence-electron chi connectivity index (χ2n) is 7.97. The minimum Gasteiger partial charge on any atom is -0.507 e. The zero-order valence-electron chi connectivity index (χ0n) is 15.0. The van der Waals surface area contributed by atoms with Crippen LogP contribution in [0.3, 0.4) is 0 Å². The molecular weight excluding hydrogens is 290 g/mol. The number of amides is 1. The Morgan fingerprint density at radius 2 is 1.48 bits per heavy atom. The van der Waals surface area contributed by atoms with Gasteiger partial charge in [-0.05, 0) is 33.9 Å². The fourth-order valence-electron chi connectivity index (χ4n) is 2.43. The predicted octanol–water partition coefficient (Wildman–Crippen LogP) is 2.72. The zero-order chi connectivity index (χ0) is 18.0. The maximum absolute atomic E-state index is 11.7. The highest BCUT2D eigenvalue weighted by Crippen LogP contribution is 2.39. The third-order valence-electron chi connectivity index (χ3n) is 3.67. The van der Waals surface area contributed by atoms with E-state index in [1.807, 2.05) is 12.1 Å². The van der Waals surface area contributed by atoms with E-state index in [1.54, 1.807) is 0 Å². The lowest BCUT2D eigenvalue weighted by Gasteiger charge is -2.28. The number of carbonyl (C=O) groups excluding carboxylic acids is 1. The highest BCUT2D eigenvalue weighted by Gasteiger charge is 2.26. The highest BCUT2D eigenvalue weighted by molar-refractivity contribution is 5.91. The molecule has 0 heterocycles. The molecule has 0 aromatic heterocycles. The predicted molar refractivity (Wildman–Crippen MR) is 94.6 cm³/mol. The molecule has 0 saturated heterocycles. The van der Waals surface area contributed by atoms with E-state index in [4.69, 9.17) is 11.5 Å². The fourth-order valence-corrected chi connectivity index (χ4v) is 2.43. The molecule has 23 heavy (non-hydrogen) atoms. The van der Waals surface area contributed by atoms with E-state index in [9.17, 15) is 9.90 Å². The number of aliphatic imine (C=N–C) groups is 1. The maximum atomic E-state index is 11.7. The third kappa shape index (κ3) is 5.27. The van der Waals surface area contributed by atoms with Gasteiger partial charge in [-0.15, -0.1) is 0 Å². The number of aromatic hydroxyl groups is 1.